The van der Waals surface area contributed by atoms with E-state index < -0.39 is 0 Å². The van der Waals surface area contributed by atoms with Gasteiger partial charge in [0.15, 0.2) is 0 Å². The van der Waals surface area contributed by atoms with Crippen molar-refractivity contribution in [2.24, 2.45) is 0 Å². The Morgan fingerprint density at radius 1 is 1.50 bits per heavy atom. The van der Waals surface area contributed by atoms with E-state index in [1.807, 2.05) is 24.1 Å². The predicted molar refractivity (Wildman–Crippen MR) is 89.8 cm³/mol. The molecule has 5 nitrogen and oxygen atoms in total. The van der Waals surface area contributed by atoms with Crippen LogP contribution < -0.4 is 15.4 Å². The number of hydrogen-bond donors (Lipinski definition) is 2. The van der Waals surface area contributed by atoms with Crippen LogP contribution in [0.15, 0.2) is 18.2 Å². The third-order valence-corrected chi connectivity index (χ3v) is 4.19. The van der Waals surface area contributed by atoms with Gasteiger partial charge >= 0.3 is 0 Å². The van der Waals surface area contributed by atoms with Crippen molar-refractivity contribution >= 4 is 23.2 Å². The Labute approximate surface area is 137 Å². The number of nitrogens with zero attached hydrogens (tertiary/aromatic N) is 1. The fourth-order valence-electron chi connectivity index (χ4n) is 2.88. The molecule has 6 heteroatoms. The largest absolute Gasteiger partial charge is 0.495 e. The lowest BCUT2D eigenvalue weighted by molar-refractivity contribution is -0.131. The van der Waals surface area contributed by atoms with Gasteiger partial charge in [-0.15, -0.1) is 0 Å². The normalized spacial score (nSPS) is 17.6. The standard InChI is InChI=1S/C16H24ClN3O2/c1-18-11-13-4-3-9-20(13)16(21)7-8-19-14-10-12(17)5-6-15(14)22-2/h5-6,10,13,18-19H,3-4,7-9,11H2,1-2H3. The van der Waals surface area contributed by atoms with Gasteiger partial charge in [0.05, 0.1) is 12.8 Å². The Hall–Kier alpha value is -1.46. The molecular formula is C16H24ClN3O2. The topological polar surface area (TPSA) is 53.6 Å². The number of benzene rings is 1. The quantitative estimate of drug-likeness (QED) is 0.808. The number of likely N-dealkylation sites (tertiary alicyclic amines) is 1. The van der Waals surface area contributed by atoms with Crippen LogP contribution >= 0.6 is 11.6 Å². The lowest BCUT2D eigenvalue weighted by atomic mass is 10.2. The van der Waals surface area contributed by atoms with E-state index in [0.717, 1.165) is 37.4 Å². The number of hydrogen-bond acceptors (Lipinski definition) is 4. The van der Waals surface area contributed by atoms with Gasteiger partial charge in [-0.05, 0) is 38.1 Å². The van der Waals surface area contributed by atoms with Gasteiger partial charge in [0.25, 0.3) is 0 Å². The van der Waals surface area contributed by atoms with E-state index in [9.17, 15) is 4.79 Å². The number of amides is 1. The van der Waals surface area contributed by atoms with Gasteiger partial charge in [0, 0.05) is 37.1 Å². The molecule has 1 aromatic carbocycles. The molecular weight excluding hydrogens is 302 g/mol. The molecule has 1 amide bonds. The van der Waals surface area contributed by atoms with E-state index in [1.54, 1.807) is 13.2 Å². The molecule has 0 spiro atoms. The molecule has 2 rings (SSSR count). The Kier molecular flexibility index (Phi) is 6.34. The highest BCUT2D eigenvalue weighted by atomic mass is 35.5. The van der Waals surface area contributed by atoms with Gasteiger partial charge in [0.2, 0.25) is 5.91 Å². The summed E-state index contributed by atoms with van der Waals surface area (Å²) in [6, 6.07) is 5.74. The minimum atomic E-state index is 0.200. The highest BCUT2D eigenvalue weighted by molar-refractivity contribution is 6.30. The molecule has 0 saturated carbocycles. The van der Waals surface area contributed by atoms with E-state index >= 15 is 0 Å². The number of ether oxygens (including phenoxy) is 1. The van der Waals surface area contributed by atoms with Crippen LogP contribution in [0.5, 0.6) is 5.75 Å². The monoisotopic (exact) mass is 325 g/mol. The molecule has 1 aliphatic heterocycles. The number of anilines is 1. The van der Waals surface area contributed by atoms with Crippen LogP contribution in [0.2, 0.25) is 5.02 Å². The molecule has 2 N–H and O–H groups in total. The van der Waals surface area contributed by atoms with E-state index in [0.29, 0.717) is 24.0 Å². The molecule has 0 radical (unpaired) electrons. The van der Waals surface area contributed by atoms with Crippen molar-refractivity contribution in [3.63, 3.8) is 0 Å². The summed E-state index contributed by atoms with van der Waals surface area (Å²) in [7, 11) is 3.54. The van der Waals surface area contributed by atoms with Gasteiger partial charge in [0.1, 0.15) is 5.75 Å². The molecule has 122 valence electrons. The molecule has 1 aromatic rings. The fraction of sp³-hybridized carbons (Fsp3) is 0.562. The zero-order chi connectivity index (χ0) is 15.9. The Balaban J connectivity index is 1.85. The fourth-order valence-corrected chi connectivity index (χ4v) is 3.05. The average molecular weight is 326 g/mol. The summed E-state index contributed by atoms with van der Waals surface area (Å²) in [6.07, 6.45) is 2.64. The number of carbonyl (C=O) groups is 1. The second kappa shape index (κ2) is 8.25. The third-order valence-electron chi connectivity index (χ3n) is 3.95. The van der Waals surface area contributed by atoms with Gasteiger partial charge in [-0.2, -0.15) is 0 Å². The van der Waals surface area contributed by atoms with Crippen molar-refractivity contribution in [2.75, 3.05) is 39.1 Å². The van der Waals surface area contributed by atoms with Crippen molar-refractivity contribution in [1.29, 1.82) is 0 Å². The Morgan fingerprint density at radius 2 is 2.32 bits per heavy atom. The zero-order valence-corrected chi connectivity index (χ0v) is 13.9. The molecule has 1 fully saturated rings. The number of rotatable bonds is 7. The molecule has 1 heterocycles. The molecule has 1 saturated heterocycles. The summed E-state index contributed by atoms with van der Waals surface area (Å²) >= 11 is 6.00. The smallest absolute Gasteiger partial charge is 0.224 e. The highest BCUT2D eigenvalue weighted by Gasteiger charge is 2.27. The first kappa shape index (κ1) is 16.9. The van der Waals surface area contributed by atoms with Crippen molar-refractivity contribution in [3.8, 4) is 5.75 Å². The first-order valence-electron chi connectivity index (χ1n) is 7.67. The van der Waals surface area contributed by atoms with Crippen LogP contribution in [0.25, 0.3) is 0 Å². The van der Waals surface area contributed by atoms with Gasteiger partial charge in [-0.25, -0.2) is 0 Å². The van der Waals surface area contributed by atoms with Crippen LogP contribution in [0.1, 0.15) is 19.3 Å². The lowest BCUT2D eigenvalue weighted by Gasteiger charge is -2.24. The Bertz CT molecular complexity index is 510. The number of carbonyl (C=O) groups excluding carboxylic acids is 1. The SMILES string of the molecule is CNCC1CCCN1C(=O)CCNc1cc(Cl)ccc1OC. The maximum absolute atomic E-state index is 12.3. The summed E-state index contributed by atoms with van der Waals surface area (Å²) in [5.74, 6) is 0.928. The molecule has 1 atom stereocenters. The maximum atomic E-state index is 12.3. The lowest BCUT2D eigenvalue weighted by Crippen LogP contribution is -2.41. The maximum Gasteiger partial charge on any atom is 0.224 e. The van der Waals surface area contributed by atoms with Crippen LogP contribution in [0, 0.1) is 0 Å². The van der Waals surface area contributed by atoms with E-state index in [-0.39, 0.29) is 5.91 Å². The summed E-state index contributed by atoms with van der Waals surface area (Å²) in [5.41, 5.74) is 0.816. The minimum Gasteiger partial charge on any atom is -0.495 e. The van der Waals surface area contributed by atoms with Crippen molar-refractivity contribution in [2.45, 2.75) is 25.3 Å². The van der Waals surface area contributed by atoms with Gasteiger partial charge < -0.3 is 20.3 Å². The van der Waals surface area contributed by atoms with Crippen molar-refractivity contribution in [1.82, 2.24) is 10.2 Å². The van der Waals surface area contributed by atoms with Gasteiger partial charge in [-0.1, -0.05) is 11.6 Å². The van der Waals surface area contributed by atoms with Crippen molar-refractivity contribution in [3.05, 3.63) is 23.2 Å². The molecule has 1 aliphatic rings. The number of halogens is 1. The minimum absolute atomic E-state index is 0.200. The van der Waals surface area contributed by atoms with Crippen molar-refractivity contribution < 1.29 is 9.53 Å². The number of nitrogens with one attached hydrogen (secondary N) is 2. The number of likely N-dealkylation sites (N-methyl/N-ethyl adjacent to an activating group) is 1. The second-order valence-electron chi connectivity index (χ2n) is 5.46. The summed E-state index contributed by atoms with van der Waals surface area (Å²) < 4.78 is 5.28. The van der Waals surface area contributed by atoms with Gasteiger partial charge in [-0.3, -0.25) is 4.79 Å². The van der Waals surface area contributed by atoms with E-state index in [2.05, 4.69) is 10.6 Å². The first-order chi connectivity index (χ1) is 10.7. The van der Waals surface area contributed by atoms with E-state index in [1.165, 1.54) is 0 Å². The zero-order valence-electron chi connectivity index (χ0n) is 13.2. The van der Waals surface area contributed by atoms with Crippen LogP contribution in [0.4, 0.5) is 5.69 Å². The molecule has 0 aromatic heterocycles. The molecule has 22 heavy (non-hydrogen) atoms. The second-order valence-corrected chi connectivity index (χ2v) is 5.90. The molecule has 0 bridgehead atoms. The summed E-state index contributed by atoms with van der Waals surface area (Å²) in [5, 5.41) is 7.03. The molecule has 1 unspecified atom stereocenters. The van der Waals surface area contributed by atoms with Crippen LogP contribution in [0.3, 0.4) is 0 Å². The average Bonchev–Trinajstić information content (AvgIpc) is 2.96. The van der Waals surface area contributed by atoms with Crippen LogP contribution in [-0.2, 0) is 4.79 Å². The number of methoxy groups -OCH3 is 1. The summed E-state index contributed by atoms with van der Waals surface area (Å²) in [6.45, 7) is 2.30. The summed E-state index contributed by atoms with van der Waals surface area (Å²) in [4.78, 5) is 14.3. The van der Waals surface area contributed by atoms with Crippen LogP contribution in [-0.4, -0.2) is 50.6 Å². The Morgan fingerprint density at radius 3 is 3.05 bits per heavy atom. The van der Waals surface area contributed by atoms with E-state index in [4.69, 9.17) is 16.3 Å². The predicted octanol–water partition coefficient (Wildman–Crippen LogP) is 2.36. The first-order valence-corrected chi connectivity index (χ1v) is 8.05. The molecule has 0 aliphatic carbocycles. The third kappa shape index (κ3) is 4.27. The highest BCUT2D eigenvalue weighted by Crippen LogP contribution is 2.27.